The molecule has 2 amide bonds. The molecule has 1 aromatic carbocycles. The molecule has 1 aliphatic rings. The Morgan fingerprint density at radius 1 is 1.44 bits per heavy atom. The average Bonchev–Trinajstić information content (AvgIpc) is 2.77. The number of benzene rings is 1. The minimum Gasteiger partial charge on any atom is -0.507 e. The molecule has 0 radical (unpaired) electrons. The molecule has 1 aliphatic heterocycles. The number of phenols is 1. The zero-order chi connectivity index (χ0) is 13.3. The van der Waals surface area contributed by atoms with Crippen LogP contribution in [-0.2, 0) is 4.79 Å². The summed E-state index contributed by atoms with van der Waals surface area (Å²) in [6.45, 7) is 0.467. The Balaban J connectivity index is 2.28. The number of aromatic hydroxyl groups is 1. The fraction of sp³-hybridized carbons (Fsp3) is 0.333. The number of nitrogens with zero attached hydrogens (tertiary/aromatic N) is 1. The lowest BCUT2D eigenvalue weighted by molar-refractivity contribution is -0.121. The summed E-state index contributed by atoms with van der Waals surface area (Å²) in [4.78, 5) is 24.8. The van der Waals surface area contributed by atoms with E-state index in [1.807, 2.05) is 0 Å². The van der Waals surface area contributed by atoms with E-state index in [0.717, 1.165) is 6.42 Å². The van der Waals surface area contributed by atoms with Crippen LogP contribution in [0.3, 0.4) is 0 Å². The Morgan fingerprint density at radius 3 is 2.78 bits per heavy atom. The van der Waals surface area contributed by atoms with Crippen LogP contribution in [0.4, 0.5) is 0 Å². The third-order valence-corrected chi connectivity index (χ3v) is 3.27. The SMILES string of the molecule is NC(=O)C1CCCN1C(=O)c1ccc(Cl)cc1O. The highest BCUT2D eigenvalue weighted by atomic mass is 35.5. The van der Waals surface area contributed by atoms with Crippen molar-refractivity contribution >= 4 is 23.4 Å². The van der Waals surface area contributed by atoms with Gasteiger partial charge in [0, 0.05) is 11.6 Å². The van der Waals surface area contributed by atoms with Gasteiger partial charge in [-0.3, -0.25) is 9.59 Å². The van der Waals surface area contributed by atoms with Gasteiger partial charge in [0.1, 0.15) is 11.8 Å². The molecule has 1 unspecified atom stereocenters. The summed E-state index contributed by atoms with van der Waals surface area (Å²) in [7, 11) is 0. The summed E-state index contributed by atoms with van der Waals surface area (Å²) in [5, 5.41) is 10.0. The van der Waals surface area contributed by atoms with Gasteiger partial charge in [-0.05, 0) is 31.0 Å². The Hall–Kier alpha value is -1.75. The number of carbonyl (C=O) groups is 2. The van der Waals surface area contributed by atoms with Gasteiger partial charge in [0.2, 0.25) is 5.91 Å². The van der Waals surface area contributed by atoms with Gasteiger partial charge >= 0.3 is 0 Å². The van der Waals surface area contributed by atoms with Gasteiger partial charge in [0.15, 0.2) is 0 Å². The molecular formula is C12H13ClN2O3. The van der Waals surface area contributed by atoms with Crippen molar-refractivity contribution in [3.8, 4) is 5.75 Å². The molecule has 1 heterocycles. The summed E-state index contributed by atoms with van der Waals surface area (Å²) >= 11 is 5.70. The van der Waals surface area contributed by atoms with Gasteiger partial charge in [0.25, 0.3) is 5.91 Å². The number of carbonyl (C=O) groups excluding carboxylic acids is 2. The van der Waals surface area contributed by atoms with Crippen molar-refractivity contribution in [1.82, 2.24) is 4.90 Å². The maximum absolute atomic E-state index is 12.2. The van der Waals surface area contributed by atoms with Crippen molar-refractivity contribution < 1.29 is 14.7 Å². The third kappa shape index (κ3) is 2.26. The number of hydrogen-bond acceptors (Lipinski definition) is 3. The molecular weight excluding hydrogens is 256 g/mol. The summed E-state index contributed by atoms with van der Waals surface area (Å²) in [6.07, 6.45) is 1.29. The molecule has 6 heteroatoms. The first-order chi connectivity index (χ1) is 8.50. The number of phenolic OH excluding ortho intramolecular Hbond substituents is 1. The number of primary amides is 1. The standard InChI is InChI=1S/C12H13ClN2O3/c13-7-3-4-8(10(16)6-7)12(18)15-5-1-2-9(15)11(14)17/h3-4,6,9,16H,1-2,5H2,(H2,14,17). The van der Waals surface area contributed by atoms with Gasteiger partial charge in [0.05, 0.1) is 5.56 Å². The predicted octanol–water partition coefficient (Wildman–Crippen LogP) is 1.14. The number of rotatable bonds is 2. The largest absolute Gasteiger partial charge is 0.507 e. The van der Waals surface area contributed by atoms with E-state index in [1.165, 1.54) is 23.1 Å². The van der Waals surface area contributed by atoms with Crippen LogP contribution < -0.4 is 5.73 Å². The fourth-order valence-corrected chi connectivity index (χ4v) is 2.31. The van der Waals surface area contributed by atoms with Crippen molar-refractivity contribution in [2.45, 2.75) is 18.9 Å². The molecule has 0 spiro atoms. The third-order valence-electron chi connectivity index (χ3n) is 3.03. The molecule has 1 saturated heterocycles. The smallest absolute Gasteiger partial charge is 0.258 e. The van der Waals surface area contributed by atoms with E-state index >= 15 is 0 Å². The van der Waals surface area contributed by atoms with Crippen molar-refractivity contribution in [2.24, 2.45) is 5.73 Å². The van der Waals surface area contributed by atoms with Gasteiger partial charge in [-0.25, -0.2) is 0 Å². The molecule has 2 rings (SSSR count). The number of likely N-dealkylation sites (tertiary alicyclic amines) is 1. The number of amides is 2. The molecule has 0 bridgehead atoms. The lowest BCUT2D eigenvalue weighted by Crippen LogP contribution is -2.43. The molecule has 1 fully saturated rings. The second-order valence-corrected chi connectivity index (χ2v) is 4.66. The monoisotopic (exact) mass is 268 g/mol. The number of nitrogens with two attached hydrogens (primary N) is 1. The van der Waals surface area contributed by atoms with Crippen LogP contribution >= 0.6 is 11.6 Å². The number of halogens is 1. The van der Waals surface area contributed by atoms with E-state index in [4.69, 9.17) is 17.3 Å². The lowest BCUT2D eigenvalue weighted by Gasteiger charge is -2.22. The van der Waals surface area contributed by atoms with E-state index < -0.39 is 17.9 Å². The Morgan fingerprint density at radius 2 is 2.17 bits per heavy atom. The molecule has 0 saturated carbocycles. The highest BCUT2D eigenvalue weighted by Gasteiger charge is 2.33. The van der Waals surface area contributed by atoms with E-state index in [2.05, 4.69) is 0 Å². The van der Waals surface area contributed by atoms with Crippen LogP contribution in [0.25, 0.3) is 0 Å². The zero-order valence-electron chi connectivity index (χ0n) is 9.60. The average molecular weight is 269 g/mol. The molecule has 3 N–H and O–H groups in total. The molecule has 1 aromatic rings. The minimum atomic E-state index is -0.590. The Bertz CT molecular complexity index is 504. The lowest BCUT2D eigenvalue weighted by atomic mass is 10.1. The predicted molar refractivity (Wildman–Crippen MR) is 66.4 cm³/mol. The first-order valence-corrected chi connectivity index (χ1v) is 5.97. The van der Waals surface area contributed by atoms with Gasteiger partial charge < -0.3 is 15.7 Å². The van der Waals surface area contributed by atoms with E-state index in [1.54, 1.807) is 0 Å². The maximum Gasteiger partial charge on any atom is 0.258 e. The maximum atomic E-state index is 12.2. The highest BCUT2D eigenvalue weighted by Crippen LogP contribution is 2.26. The van der Waals surface area contributed by atoms with Crippen LogP contribution in [0.2, 0.25) is 5.02 Å². The Kier molecular flexibility index (Phi) is 3.43. The van der Waals surface area contributed by atoms with Crippen molar-refractivity contribution in [1.29, 1.82) is 0 Å². The van der Waals surface area contributed by atoms with Crippen molar-refractivity contribution in [3.05, 3.63) is 28.8 Å². The summed E-state index contributed by atoms with van der Waals surface area (Å²) in [5.41, 5.74) is 5.38. The van der Waals surface area contributed by atoms with Crippen LogP contribution in [-0.4, -0.2) is 34.4 Å². The second-order valence-electron chi connectivity index (χ2n) is 4.22. The highest BCUT2D eigenvalue weighted by molar-refractivity contribution is 6.30. The fourth-order valence-electron chi connectivity index (χ4n) is 2.15. The zero-order valence-corrected chi connectivity index (χ0v) is 10.4. The van der Waals surface area contributed by atoms with E-state index in [0.29, 0.717) is 18.0 Å². The summed E-state index contributed by atoms with van der Waals surface area (Å²) < 4.78 is 0. The summed E-state index contributed by atoms with van der Waals surface area (Å²) in [6, 6.07) is 3.66. The second kappa shape index (κ2) is 4.86. The van der Waals surface area contributed by atoms with Crippen LogP contribution in [0.15, 0.2) is 18.2 Å². The van der Waals surface area contributed by atoms with Gasteiger partial charge in [-0.15, -0.1) is 0 Å². The molecule has 18 heavy (non-hydrogen) atoms. The molecule has 0 aromatic heterocycles. The van der Waals surface area contributed by atoms with Crippen LogP contribution in [0.5, 0.6) is 5.75 Å². The molecule has 96 valence electrons. The van der Waals surface area contributed by atoms with Crippen LogP contribution in [0, 0.1) is 0 Å². The quantitative estimate of drug-likeness (QED) is 0.843. The first-order valence-electron chi connectivity index (χ1n) is 5.59. The van der Waals surface area contributed by atoms with Crippen LogP contribution in [0.1, 0.15) is 23.2 Å². The van der Waals surface area contributed by atoms with Gasteiger partial charge in [-0.2, -0.15) is 0 Å². The topological polar surface area (TPSA) is 83.6 Å². The normalized spacial score (nSPS) is 18.9. The van der Waals surface area contributed by atoms with Crippen molar-refractivity contribution in [3.63, 3.8) is 0 Å². The summed E-state index contributed by atoms with van der Waals surface area (Å²) in [5.74, 6) is -1.11. The van der Waals surface area contributed by atoms with E-state index in [9.17, 15) is 14.7 Å². The molecule has 1 atom stereocenters. The van der Waals surface area contributed by atoms with Crippen molar-refractivity contribution in [2.75, 3.05) is 6.54 Å². The minimum absolute atomic E-state index is 0.132. The molecule has 0 aliphatic carbocycles. The Labute approximate surface area is 109 Å². The number of hydrogen-bond donors (Lipinski definition) is 2. The van der Waals surface area contributed by atoms with E-state index in [-0.39, 0.29) is 11.3 Å². The van der Waals surface area contributed by atoms with Gasteiger partial charge in [-0.1, -0.05) is 11.6 Å². The molecule has 5 nitrogen and oxygen atoms in total. The first kappa shape index (κ1) is 12.7.